The average molecular weight is 416 g/mol. The summed E-state index contributed by atoms with van der Waals surface area (Å²) in [5, 5.41) is 10.0. The fourth-order valence-electron chi connectivity index (χ4n) is 3.42. The fraction of sp³-hybridized carbons (Fsp3) is 0.200. The van der Waals surface area contributed by atoms with Crippen molar-refractivity contribution in [3.05, 3.63) is 89.0 Å². The lowest BCUT2D eigenvalue weighted by molar-refractivity contribution is 0.414. The van der Waals surface area contributed by atoms with Crippen molar-refractivity contribution in [1.29, 1.82) is 0 Å². The average Bonchev–Trinajstić information content (AvgIpc) is 3.18. The number of rotatable bonds is 6. The van der Waals surface area contributed by atoms with Gasteiger partial charge in [-0.25, -0.2) is 0 Å². The van der Waals surface area contributed by atoms with Crippen LogP contribution >= 0.6 is 11.8 Å². The Hall–Kier alpha value is -3.05. The van der Waals surface area contributed by atoms with Gasteiger partial charge in [0.15, 0.2) is 11.0 Å². The number of ether oxygens (including phenoxy) is 1. The standard InChI is InChI=1S/C25H25N3OS/c1-17-9-10-18(2)20(15-17)16-30-25-27-26-24(23-8-6-5-7-19(23)3)28(25)21-11-13-22(29-4)14-12-21/h5-15H,16H2,1-4H3. The molecule has 0 spiro atoms. The van der Waals surface area contributed by atoms with E-state index in [1.165, 1.54) is 22.3 Å². The molecule has 4 nitrogen and oxygen atoms in total. The number of nitrogens with zero attached hydrogens (tertiary/aromatic N) is 3. The second kappa shape index (κ2) is 8.76. The van der Waals surface area contributed by atoms with Gasteiger partial charge in [-0.05, 0) is 61.7 Å². The molecule has 0 aliphatic carbocycles. The number of methoxy groups -OCH3 is 1. The molecule has 0 saturated carbocycles. The molecule has 4 rings (SSSR count). The quantitative estimate of drug-likeness (QED) is 0.354. The molecule has 30 heavy (non-hydrogen) atoms. The van der Waals surface area contributed by atoms with Crippen LogP contribution in [0.2, 0.25) is 0 Å². The molecule has 3 aromatic carbocycles. The smallest absolute Gasteiger partial charge is 0.196 e. The Morgan fingerprint density at radius 3 is 2.37 bits per heavy atom. The molecule has 0 aliphatic rings. The third-order valence-corrected chi connectivity index (χ3v) is 6.19. The molecule has 0 atom stereocenters. The van der Waals surface area contributed by atoms with E-state index in [0.717, 1.165) is 33.7 Å². The Bertz CT molecular complexity index is 1170. The summed E-state index contributed by atoms with van der Waals surface area (Å²) in [5.41, 5.74) is 7.16. The lowest BCUT2D eigenvalue weighted by atomic mass is 10.1. The zero-order valence-electron chi connectivity index (χ0n) is 17.7. The van der Waals surface area contributed by atoms with Gasteiger partial charge in [0.1, 0.15) is 5.75 Å². The predicted molar refractivity (Wildman–Crippen MR) is 124 cm³/mol. The molecular weight excluding hydrogens is 390 g/mol. The van der Waals surface area contributed by atoms with E-state index in [0.29, 0.717) is 0 Å². The third-order valence-electron chi connectivity index (χ3n) is 5.21. The summed E-state index contributed by atoms with van der Waals surface area (Å²) in [7, 11) is 1.68. The first-order chi connectivity index (χ1) is 14.6. The first-order valence-corrected chi connectivity index (χ1v) is 10.9. The van der Waals surface area contributed by atoms with E-state index in [2.05, 4.69) is 65.9 Å². The summed E-state index contributed by atoms with van der Waals surface area (Å²) < 4.78 is 7.47. The lowest BCUT2D eigenvalue weighted by Gasteiger charge is -2.13. The van der Waals surface area contributed by atoms with Gasteiger partial charge in [-0.15, -0.1) is 10.2 Å². The van der Waals surface area contributed by atoms with Crippen molar-refractivity contribution in [3.8, 4) is 22.8 Å². The summed E-state index contributed by atoms with van der Waals surface area (Å²) in [6.07, 6.45) is 0. The highest BCUT2D eigenvalue weighted by Crippen LogP contribution is 2.32. The molecule has 152 valence electrons. The van der Waals surface area contributed by atoms with E-state index in [4.69, 9.17) is 4.74 Å². The van der Waals surface area contributed by atoms with Gasteiger partial charge in [0, 0.05) is 17.0 Å². The largest absolute Gasteiger partial charge is 0.497 e. The number of thioether (sulfide) groups is 1. The Morgan fingerprint density at radius 2 is 1.63 bits per heavy atom. The highest BCUT2D eigenvalue weighted by Gasteiger charge is 2.18. The number of hydrogen-bond donors (Lipinski definition) is 0. The van der Waals surface area contributed by atoms with Crippen LogP contribution in [0.15, 0.2) is 71.9 Å². The van der Waals surface area contributed by atoms with Crippen LogP contribution in [0, 0.1) is 20.8 Å². The van der Waals surface area contributed by atoms with E-state index in [9.17, 15) is 0 Å². The maximum atomic E-state index is 5.33. The minimum Gasteiger partial charge on any atom is -0.497 e. The van der Waals surface area contributed by atoms with Crippen molar-refractivity contribution >= 4 is 11.8 Å². The number of aryl methyl sites for hydroxylation is 3. The third kappa shape index (κ3) is 4.12. The second-order valence-corrected chi connectivity index (χ2v) is 8.32. The second-order valence-electron chi connectivity index (χ2n) is 7.37. The van der Waals surface area contributed by atoms with Crippen molar-refractivity contribution in [2.75, 3.05) is 7.11 Å². The molecule has 0 radical (unpaired) electrons. The summed E-state index contributed by atoms with van der Waals surface area (Å²) in [6, 6.07) is 22.9. The van der Waals surface area contributed by atoms with Gasteiger partial charge in [0.25, 0.3) is 0 Å². The van der Waals surface area contributed by atoms with Gasteiger partial charge in [0.2, 0.25) is 0 Å². The summed E-state index contributed by atoms with van der Waals surface area (Å²) in [5.74, 6) is 2.52. The van der Waals surface area contributed by atoms with Crippen molar-refractivity contribution < 1.29 is 4.74 Å². The van der Waals surface area contributed by atoms with Crippen molar-refractivity contribution in [3.63, 3.8) is 0 Å². The SMILES string of the molecule is COc1ccc(-n2c(SCc3cc(C)ccc3C)nnc2-c2ccccc2C)cc1. The van der Waals surface area contributed by atoms with Gasteiger partial charge in [-0.1, -0.05) is 59.8 Å². The predicted octanol–water partition coefficient (Wildman–Crippen LogP) is 6.16. The Kier molecular flexibility index (Phi) is 5.91. The summed E-state index contributed by atoms with van der Waals surface area (Å²) in [4.78, 5) is 0. The maximum Gasteiger partial charge on any atom is 0.196 e. The molecule has 5 heteroatoms. The van der Waals surface area contributed by atoms with E-state index in [1.54, 1.807) is 18.9 Å². The van der Waals surface area contributed by atoms with Crippen LogP contribution in [0.1, 0.15) is 22.3 Å². The molecule has 1 heterocycles. The van der Waals surface area contributed by atoms with Crippen LogP contribution in [0.3, 0.4) is 0 Å². The summed E-state index contributed by atoms with van der Waals surface area (Å²) >= 11 is 1.71. The molecule has 4 aromatic rings. The monoisotopic (exact) mass is 415 g/mol. The molecule has 0 amide bonds. The molecule has 0 aliphatic heterocycles. The number of benzene rings is 3. The van der Waals surface area contributed by atoms with Gasteiger partial charge in [-0.2, -0.15) is 0 Å². The summed E-state index contributed by atoms with van der Waals surface area (Å²) in [6.45, 7) is 6.39. The van der Waals surface area contributed by atoms with Crippen molar-refractivity contribution in [2.24, 2.45) is 0 Å². The van der Waals surface area contributed by atoms with Gasteiger partial charge >= 0.3 is 0 Å². The minimum atomic E-state index is 0.828. The molecule has 0 unspecified atom stereocenters. The topological polar surface area (TPSA) is 39.9 Å². The zero-order chi connectivity index (χ0) is 21.1. The number of hydrogen-bond acceptors (Lipinski definition) is 4. The number of aromatic nitrogens is 3. The van der Waals surface area contributed by atoms with Gasteiger partial charge in [0.05, 0.1) is 7.11 Å². The Labute approximate surface area is 181 Å². The molecule has 0 N–H and O–H groups in total. The molecule has 0 fully saturated rings. The van der Waals surface area contributed by atoms with Crippen LogP contribution in [0.5, 0.6) is 5.75 Å². The first-order valence-electron chi connectivity index (χ1n) is 9.91. The first kappa shape index (κ1) is 20.2. The van der Waals surface area contributed by atoms with Crippen LogP contribution in [-0.4, -0.2) is 21.9 Å². The van der Waals surface area contributed by atoms with Crippen molar-refractivity contribution in [1.82, 2.24) is 14.8 Å². The van der Waals surface area contributed by atoms with E-state index in [-0.39, 0.29) is 0 Å². The molecule has 0 bridgehead atoms. The van der Waals surface area contributed by atoms with Crippen LogP contribution < -0.4 is 4.74 Å². The molecular formula is C25H25N3OS. The van der Waals surface area contributed by atoms with E-state index < -0.39 is 0 Å². The Morgan fingerprint density at radius 1 is 0.867 bits per heavy atom. The normalized spacial score (nSPS) is 10.9. The fourth-order valence-corrected chi connectivity index (χ4v) is 4.44. The van der Waals surface area contributed by atoms with Gasteiger partial charge < -0.3 is 4.74 Å². The highest BCUT2D eigenvalue weighted by molar-refractivity contribution is 7.98. The maximum absolute atomic E-state index is 5.33. The van der Waals surface area contributed by atoms with Gasteiger partial charge in [-0.3, -0.25) is 4.57 Å². The van der Waals surface area contributed by atoms with Crippen molar-refractivity contribution in [2.45, 2.75) is 31.7 Å². The van der Waals surface area contributed by atoms with E-state index in [1.807, 2.05) is 36.4 Å². The van der Waals surface area contributed by atoms with Crippen LogP contribution in [0.25, 0.3) is 17.1 Å². The van der Waals surface area contributed by atoms with Crippen LogP contribution in [-0.2, 0) is 5.75 Å². The lowest BCUT2D eigenvalue weighted by Crippen LogP contribution is -2.01. The Balaban J connectivity index is 1.76. The molecule has 0 saturated heterocycles. The molecule has 1 aromatic heterocycles. The highest BCUT2D eigenvalue weighted by atomic mass is 32.2. The zero-order valence-corrected chi connectivity index (χ0v) is 18.5. The van der Waals surface area contributed by atoms with Crippen LogP contribution in [0.4, 0.5) is 0 Å². The van der Waals surface area contributed by atoms with E-state index >= 15 is 0 Å². The minimum absolute atomic E-state index is 0.828.